The third kappa shape index (κ3) is 11.8. The maximum atomic E-state index is 13.0. The van der Waals surface area contributed by atoms with Crippen LogP contribution in [0.1, 0.15) is 85.8 Å². The molecule has 37 heavy (non-hydrogen) atoms. The first-order valence-corrected chi connectivity index (χ1v) is 12.9. The molecular formula is C30H47F2N3O2. The zero-order valence-corrected chi connectivity index (χ0v) is 24.3. The van der Waals surface area contributed by atoms with E-state index >= 15 is 0 Å². The highest BCUT2D eigenvalue weighted by molar-refractivity contribution is 6.07. The van der Waals surface area contributed by atoms with Gasteiger partial charge < -0.3 is 15.3 Å². The van der Waals surface area contributed by atoms with Crippen molar-refractivity contribution in [3.63, 3.8) is 0 Å². The van der Waals surface area contributed by atoms with E-state index in [1.165, 1.54) is 17.5 Å². The van der Waals surface area contributed by atoms with E-state index in [0.29, 0.717) is 5.76 Å². The van der Waals surface area contributed by atoms with Crippen LogP contribution in [0.3, 0.4) is 0 Å². The van der Waals surface area contributed by atoms with Gasteiger partial charge in [-0.2, -0.15) is 0 Å². The highest BCUT2D eigenvalue weighted by Crippen LogP contribution is 2.50. The molecule has 208 valence electrons. The number of aliphatic imine (C=N–C) groups is 1. The predicted octanol–water partition coefficient (Wildman–Crippen LogP) is 8.25. The zero-order valence-electron chi connectivity index (χ0n) is 24.3. The molecule has 0 aromatic heterocycles. The summed E-state index contributed by atoms with van der Waals surface area (Å²) in [6.07, 6.45) is 1.39. The zero-order chi connectivity index (χ0) is 28.8. The number of oxime groups is 1. The number of nitrogens with zero attached hydrogens (tertiary/aromatic N) is 2. The fourth-order valence-electron chi connectivity index (χ4n) is 3.39. The minimum absolute atomic E-state index is 0.0112. The summed E-state index contributed by atoms with van der Waals surface area (Å²) in [5, 5.41) is 4.26. The smallest absolute Gasteiger partial charge is 0.277 e. The van der Waals surface area contributed by atoms with Crippen molar-refractivity contribution < 1.29 is 18.4 Å². The highest BCUT2D eigenvalue weighted by Gasteiger charge is 2.48. The van der Waals surface area contributed by atoms with Crippen LogP contribution in [0, 0.1) is 6.92 Å². The van der Waals surface area contributed by atoms with Gasteiger partial charge in [0.15, 0.2) is 5.76 Å². The molecule has 1 saturated carbocycles. The summed E-state index contributed by atoms with van der Waals surface area (Å²) in [4.78, 5) is 9.78. The van der Waals surface area contributed by atoms with E-state index in [1.807, 2.05) is 53.7 Å². The van der Waals surface area contributed by atoms with E-state index in [4.69, 9.17) is 15.3 Å². The molecule has 1 aliphatic carbocycles. The number of aryl methyl sites for hydroxylation is 1. The quantitative estimate of drug-likeness (QED) is 0.192. The summed E-state index contributed by atoms with van der Waals surface area (Å²) in [6, 6.07) is 8.16. The van der Waals surface area contributed by atoms with Gasteiger partial charge in [0.25, 0.3) is 6.43 Å². The number of ether oxygens (including phenoxy) is 1. The van der Waals surface area contributed by atoms with Crippen LogP contribution in [-0.2, 0) is 15.0 Å². The van der Waals surface area contributed by atoms with Crippen molar-refractivity contribution in [2.24, 2.45) is 15.9 Å². The van der Waals surface area contributed by atoms with Crippen LogP contribution in [0.25, 0.3) is 0 Å². The van der Waals surface area contributed by atoms with Crippen molar-refractivity contribution in [3.05, 3.63) is 71.8 Å². The van der Waals surface area contributed by atoms with E-state index in [0.717, 1.165) is 24.6 Å². The SMILES string of the molecule is C=C(CN=C(/C=C(\N)C(F)F)C(=C)O/N=C(\C)C1(c2ccccc2C)CC1)OC(C)(C)C.CC.CCC. The van der Waals surface area contributed by atoms with Crippen LogP contribution in [0.5, 0.6) is 0 Å². The Labute approximate surface area is 223 Å². The first-order chi connectivity index (χ1) is 17.3. The molecule has 2 N–H and O–H groups in total. The molecule has 2 rings (SSSR count). The molecule has 0 saturated heterocycles. The minimum atomic E-state index is -2.83. The second kappa shape index (κ2) is 16.0. The van der Waals surface area contributed by atoms with Crippen LogP contribution >= 0.6 is 0 Å². The fourth-order valence-corrected chi connectivity index (χ4v) is 3.39. The van der Waals surface area contributed by atoms with Crippen molar-refractivity contribution in [2.45, 2.75) is 99.0 Å². The van der Waals surface area contributed by atoms with Gasteiger partial charge in [0.05, 0.1) is 18.0 Å². The maximum Gasteiger partial charge on any atom is 0.277 e. The number of nitrogens with two attached hydrogens (primary N) is 1. The summed E-state index contributed by atoms with van der Waals surface area (Å²) in [6.45, 7) is 25.5. The van der Waals surface area contributed by atoms with Crippen LogP contribution in [-0.4, -0.2) is 30.0 Å². The van der Waals surface area contributed by atoms with Crippen molar-refractivity contribution in [3.8, 4) is 0 Å². The number of hydrogen-bond acceptors (Lipinski definition) is 5. The molecular weight excluding hydrogens is 472 g/mol. The Morgan fingerprint density at radius 2 is 1.70 bits per heavy atom. The van der Waals surface area contributed by atoms with Gasteiger partial charge in [-0.05, 0) is 64.7 Å². The van der Waals surface area contributed by atoms with Crippen molar-refractivity contribution in [2.75, 3.05) is 6.54 Å². The Bertz CT molecular complexity index is 969. The third-order valence-electron chi connectivity index (χ3n) is 5.11. The monoisotopic (exact) mass is 519 g/mol. The molecule has 0 aliphatic heterocycles. The topological polar surface area (TPSA) is 69.2 Å². The molecule has 1 aromatic carbocycles. The largest absolute Gasteiger partial charge is 0.491 e. The first kappa shape index (κ1) is 34.0. The fraction of sp³-hybridized carbons (Fsp3) is 0.533. The number of allylic oxidation sites excluding steroid dienone is 2. The Hall–Kier alpha value is -2.96. The van der Waals surface area contributed by atoms with Gasteiger partial charge in [-0.1, -0.05) is 76.7 Å². The molecule has 0 bridgehead atoms. The summed E-state index contributed by atoms with van der Waals surface area (Å²) >= 11 is 0. The lowest BCUT2D eigenvalue weighted by molar-refractivity contribution is 0.0521. The molecule has 0 radical (unpaired) electrons. The van der Waals surface area contributed by atoms with E-state index < -0.39 is 17.7 Å². The number of hydrogen-bond donors (Lipinski definition) is 1. The van der Waals surface area contributed by atoms with E-state index in [1.54, 1.807) is 0 Å². The van der Waals surface area contributed by atoms with Crippen molar-refractivity contribution >= 4 is 11.4 Å². The van der Waals surface area contributed by atoms with Gasteiger partial charge in [0.2, 0.25) is 0 Å². The summed E-state index contributed by atoms with van der Waals surface area (Å²) < 4.78 is 31.6. The second-order valence-electron chi connectivity index (χ2n) is 9.69. The first-order valence-electron chi connectivity index (χ1n) is 12.9. The maximum absolute atomic E-state index is 13.0. The second-order valence-corrected chi connectivity index (χ2v) is 9.69. The molecule has 5 nitrogen and oxygen atoms in total. The lowest BCUT2D eigenvalue weighted by atomic mass is 9.88. The average molecular weight is 520 g/mol. The molecule has 1 aromatic rings. The third-order valence-corrected chi connectivity index (χ3v) is 5.11. The molecule has 0 spiro atoms. The minimum Gasteiger partial charge on any atom is -0.491 e. The molecule has 0 heterocycles. The summed E-state index contributed by atoms with van der Waals surface area (Å²) in [7, 11) is 0. The van der Waals surface area contributed by atoms with E-state index in [2.05, 4.69) is 56.2 Å². The van der Waals surface area contributed by atoms with Crippen molar-refractivity contribution in [1.29, 1.82) is 0 Å². The van der Waals surface area contributed by atoms with Gasteiger partial charge in [0, 0.05) is 5.41 Å². The average Bonchev–Trinajstić information content (AvgIpc) is 3.62. The van der Waals surface area contributed by atoms with Crippen LogP contribution in [0.4, 0.5) is 8.78 Å². The number of rotatable bonds is 10. The van der Waals surface area contributed by atoms with Gasteiger partial charge in [-0.25, -0.2) is 8.78 Å². The summed E-state index contributed by atoms with van der Waals surface area (Å²) in [5.74, 6) is 0.389. The van der Waals surface area contributed by atoms with Gasteiger partial charge in [0.1, 0.15) is 17.1 Å². The van der Waals surface area contributed by atoms with E-state index in [9.17, 15) is 8.78 Å². The molecule has 1 aliphatic rings. The van der Waals surface area contributed by atoms with Crippen LogP contribution in [0.2, 0.25) is 0 Å². The normalized spacial score (nSPS) is 15.1. The number of halogens is 2. The van der Waals surface area contributed by atoms with Gasteiger partial charge in [-0.15, -0.1) is 0 Å². The molecule has 7 heteroatoms. The van der Waals surface area contributed by atoms with E-state index in [-0.39, 0.29) is 23.4 Å². The Morgan fingerprint density at radius 1 is 1.16 bits per heavy atom. The van der Waals surface area contributed by atoms with Crippen molar-refractivity contribution in [1.82, 2.24) is 0 Å². The van der Waals surface area contributed by atoms with Gasteiger partial charge in [-0.3, -0.25) is 4.99 Å². The molecule has 0 unspecified atom stereocenters. The lowest BCUT2D eigenvalue weighted by Crippen LogP contribution is -2.20. The lowest BCUT2D eigenvalue weighted by Gasteiger charge is -2.22. The number of alkyl halides is 2. The Balaban J connectivity index is 0.00000241. The highest BCUT2D eigenvalue weighted by atomic mass is 19.3. The predicted molar refractivity (Wildman–Crippen MR) is 153 cm³/mol. The van der Waals surface area contributed by atoms with Crippen LogP contribution in [0.15, 0.2) is 70.9 Å². The number of benzene rings is 1. The van der Waals surface area contributed by atoms with Crippen LogP contribution < -0.4 is 5.73 Å². The molecule has 0 amide bonds. The van der Waals surface area contributed by atoms with Gasteiger partial charge >= 0.3 is 0 Å². The standard InChI is InChI=1S/C25H33F2N3O2.C3H8.C2H6/c1-16-10-8-9-11-20(16)25(12-13-25)19(4)30-32-18(3)22(14-21(28)23(26)27)29-15-17(2)31-24(5,6)7;1-3-2;1-2/h8-11,14,23H,2-3,12-13,15,28H2,1,4-7H3;3H2,1-2H3;1-2H3/b21-14-,29-22?,30-19+;;. The molecule has 0 atom stereocenters. The Kier molecular flexibility index (Phi) is 14.7. The molecule has 1 fully saturated rings. The summed E-state index contributed by atoms with van der Waals surface area (Å²) in [5.41, 5.74) is 7.41. The Morgan fingerprint density at radius 3 is 2.16 bits per heavy atom.